The van der Waals surface area contributed by atoms with Crippen molar-refractivity contribution < 1.29 is 9.53 Å². The van der Waals surface area contributed by atoms with Gasteiger partial charge in [-0.25, -0.2) is 0 Å². The Balaban J connectivity index is 1.78. The molecule has 0 bridgehead atoms. The van der Waals surface area contributed by atoms with E-state index in [0.717, 1.165) is 17.3 Å². The van der Waals surface area contributed by atoms with Crippen molar-refractivity contribution >= 4 is 21.8 Å². The largest absolute Gasteiger partial charge is 0.481 e. The Morgan fingerprint density at radius 2 is 1.87 bits per heavy atom. The fourth-order valence-corrected chi connectivity index (χ4v) is 2.64. The molecule has 0 aliphatic carbocycles. The van der Waals surface area contributed by atoms with E-state index in [1.54, 1.807) is 6.92 Å². The molecule has 0 aromatic heterocycles. The van der Waals surface area contributed by atoms with E-state index >= 15 is 0 Å². The van der Waals surface area contributed by atoms with Gasteiger partial charge in [0.1, 0.15) is 5.75 Å². The topological polar surface area (TPSA) is 38.3 Å². The summed E-state index contributed by atoms with van der Waals surface area (Å²) in [5.41, 5.74) is 1.28. The first-order chi connectivity index (χ1) is 11.0. The molecule has 23 heavy (non-hydrogen) atoms. The lowest BCUT2D eigenvalue weighted by Gasteiger charge is -2.19. The minimum absolute atomic E-state index is 0.0921. The highest BCUT2D eigenvalue weighted by molar-refractivity contribution is 9.10. The number of carbonyl (C=O) groups excluding carboxylic acids is 1. The quantitative estimate of drug-likeness (QED) is 0.780. The Morgan fingerprint density at radius 3 is 2.57 bits per heavy atom. The molecule has 0 saturated carbocycles. The molecule has 0 heterocycles. The Labute approximate surface area is 146 Å². The summed E-state index contributed by atoms with van der Waals surface area (Å²) < 4.78 is 6.61. The van der Waals surface area contributed by atoms with Gasteiger partial charge in [-0.05, 0) is 50.5 Å². The third-order valence-electron chi connectivity index (χ3n) is 3.58. The molecule has 1 amide bonds. The summed E-state index contributed by atoms with van der Waals surface area (Å²) in [6.45, 7) is 3.78. The van der Waals surface area contributed by atoms with Gasteiger partial charge in [0.15, 0.2) is 6.10 Å². The Bertz CT molecular complexity index is 630. The summed E-state index contributed by atoms with van der Waals surface area (Å²) in [4.78, 5) is 12.2. The molecule has 0 aliphatic heterocycles. The van der Waals surface area contributed by atoms with Crippen molar-refractivity contribution in [2.45, 2.75) is 38.8 Å². The van der Waals surface area contributed by atoms with Crippen molar-refractivity contribution in [1.29, 1.82) is 0 Å². The molecule has 0 aliphatic rings. The van der Waals surface area contributed by atoms with Crippen LogP contribution < -0.4 is 10.1 Å². The van der Waals surface area contributed by atoms with E-state index in [0.29, 0.717) is 5.75 Å². The van der Waals surface area contributed by atoms with Gasteiger partial charge >= 0.3 is 0 Å². The molecule has 3 nitrogen and oxygen atoms in total. The van der Waals surface area contributed by atoms with Gasteiger partial charge < -0.3 is 10.1 Å². The molecular formula is C19H22BrNO2. The monoisotopic (exact) mass is 375 g/mol. The molecule has 0 saturated heterocycles. The fraction of sp³-hybridized carbons (Fsp3) is 0.316. The minimum Gasteiger partial charge on any atom is -0.481 e. The van der Waals surface area contributed by atoms with Crippen molar-refractivity contribution in [3.8, 4) is 5.75 Å². The van der Waals surface area contributed by atoms with Crippen LogP contribution in [0.25, 0.3) is 0 Å². The maximum Gasteiger partial charge on any atom is 0.260 e. The number of aryl methyl sites for hydroxylation is 1. The molecule has 2 rings (SSSR count). The highest BCUT2D eigenvalue weighted by atomic mass is 79.9. The second-order valence-electron chi connectivity index (χ2n) is 5.65. The molecule has 2 aromatic carbocycles. The van der Waals surface area contributed by atoms with Crippen LogP contribution in [0.4, 0.5) is 0 Å². The summed E-state index contributed by atoms with van der Waals surface area (Å²) in [7, 11) is 0. The number of hydrogen-bond acceptors (Lipinski definition) is 2. The van der Waals surface area contributed by atoms with E-state index in [1.807, 2.05) is 49.4 Å². The van der Waals surface area contributed by atoms with E-state index in [-0.39, 0.29) is 11.9 Å². The zero-order valence-electron chi connectivity index (χ0n) is 13.5. The maximum absolute atomic E-state index is 12.2. The number of ether oxygens (including phenoxy) is 1. The molecule has 0 radical (unpaired) electrons. The number of rotatable bonds is 7. The van der Waals surface area contributed by atoms with Gasteiger partial charge in [0.25, 0.3) is 5.91 Å². The lowest BCUT2D eigenvalue weighted by atomic mass is 10.1. The van der Waals surface area contributed by atoms with Gasteiger partial charge in [-0.15, -0.1) is 0 Å². The first kappa shape index (κ1) is 17.5. The van der Waals surface area contributed by atoms with Crippen LogP contribution in [0, 0.1) is 0 Å². The fourth-order valence-electron chi connectivity index (χ4n) is 2.26. The second-order valence-corrected chi connectivity index (χ2v) is 6.57. The van der Waals surface area contributed by atoms with E-state index in [4.69, 9.17) is 4.74 Å². The Hall–Kier alpha value is -1.81. The molecule has 0 fully saturated rings. The standard InChI is InChI=1S/C19H22BrNO2/c1-14(11-12-16-7-4-3-5-8-16)21-19(22)15(2)23-18-10-6-9-17(20)13-18/h3-10,13-15H,11-12H2,1-2H3,(H,21,22). The van der Waals surface area contributed by atoms with Gasteiger partial charge in [0.05, 0.1) is 0 Å². The van der Waals surface area contributed by atoms with Crippen molar-refractivity contribution in [3.63, 3.8) is 0 Å². The van der Waals surface area contributed by atoms with Crippen LogP contribution in [-0.4, -0.2) is 18.1 Å². The predicted octanol–water partition coefficient (Wildman–Crippen LogP) is 4.35. The Kier molecular flexibility index (Phi) is 6.66. The average Bonchev–Trinajstić information content (AvgIpc) is 2.54. The van der Waals surface area contributed by atoms with E-state index in [1.165, 1.54) is 5.56 Å². The first-order valence-electron chi connectivity index (χ1n) is 7.81. The lowest BCUT2D eigenvalue weighted by Crippen LogP contribution is -2.41. The molecule has 4 heteroatoms. The second kappa shape index (κ2) is 8.73. The third kappa shape index (κ3) is 6.06. The van der Waals surface area contributed by atoms with Crippen LogP contribution in [-0.2, 0) is 11.2 Å². The van der Waals surface area contributed by atoms with Gasteiger partial charge in [-0.1, -0.05) is 52.3 Å². The highest BCUT2D eigenvalue weighted by Crippen LogP contribution is 2.19. The number of halogens is 1. The molecule has 0 spiro atoms. The van der Waals surface area contributed by atoms with Crippen LogP contribution in [0.3, 0.4) is 0 Å². The van der Waals surface area contributed by atoms with E-state index in [2.05, 4.69) is 33.4 Å². The smallest absolute Gasteiger partial charge is 0.260 e. The zero-order chi connectivity index (χ0) is 16.7. The number of hydrogen-bond donors (Lipinski definition) is 1. The average molecular weight is 376 g/mol. The summed E-state index contributed by atoms with van der Waals surface area (Å²) in [5, 5.41) is 3.01. The van der Waals surface area contributed by atoms with Gasteiger partial charge in [-0.2, -0.15) is 0 Å². The minimum atomic E-state index is -0.525. The van der Waals surface area contributed by atoms with Crippen LogP contribution >= 0.6 is 15.9 Å². The van der Waals surface area contributed by atoms with Crippen molar-refractivity contribution in [1.82, 2.24) is 5.32 Å². The number of benzene rings is 2. The van der Waals surface area contributed by atoms with Crippen LogP contribution in [0.2, 0.25) is 0 Å². The summed E-state index contributed by atoms with van der Waals surface area (Å²) >= 11 is 3.39. The zero-order valence-corrected chi connectivity index (χ0v) is 15.0. The molecular weight excluding hydrogens is 354 g/mol. The van der Waals surface area contributed by atoms with Crippen LogP contribution in [0.1, 0.15) is 25.8 Å². The van der Waals surface area contributed by atoms with Gasteiger partial charge in [-0.3, -0.25) is 4.79 Å². The summed E-state index contributed by atoms with van der Waals surface area (Å²) in [6.07, 6.45) is 1.33. The maximum atomic E-state index is 12.2. The highest BCUT2D eigenvalue weighted by Gasteiger charge is 2.16. The van der Waals surface area contributed by atoms with Gasteiger partial charge in [0, 0.05) is 10.5 Å². The lowest BCUT2D eigenvalue weighted by molar-refractivity contribution is -0.127. The van der Waals surface area contributed by atoms with Crippen molar-refractivity contribution in [3.05, 3.63) is 64.6 Å². The number of nitrogens with one attached hydrogen (secondary N) is 1. The molecule has 2 aromatic rings. The third-order valence-corrected chi connectivity index (χ3v) is 4.07. The molecule has 2 atom stereocenters. The molecule has 122 valence electrons. The van der Waals surface area contributed by atoms with Crippen molar-refractivity contribution in [2.75, 3.05) is 0 Å². The summed E-state index contributed by atoms with van der Waals surface area (Å²) in [5.74, 6) is 0.588. The molecule has 2 unspecified atom stereocenters. The summed E-state index contributed by atoms with van der Waals surface area (Å²) in [6, 6.07) is 17.9. The van der Waals surface area contributed by atoms with Crippen molar-refractivity contribution in [2.24, 2.45) is 0 Å². The number of carbonyl (C=O) groups is 1. The van der Waals surface area contributed by atoms with Crippen LogP contribution in [0.15, 0.2) is 59.1 Å². The normalized spacial score (nSPS) is 13.2. The SMILES string of the molecule is CC(CCc1ccccc1)NC(=O)C(C)Oc1cccc(Br)c1. The van der Waals surface area contributed by atoms with Gasteiger partial charge in [0.2, 0.25) is 0 Å². The first-order valence-corrected chi connectivity index (χ1v) is 8.60. The molecule has 1 N–H and O–H groups in total. The van der Waals surface area contributed by atoms with E-state index in [9.17, 15) is 4.79 Å². The van der Waals surface area contributed by atoms with Crippen LogP contribution in [0.5, 0.6) is 5.75 Å². The van der Waals surface area contributed by atoms with E-state index < -0.39 is 6.10 Å². The predicted molar refractivity (Wildman–Crippen MR) is 96.6 cm³/mol. The Morgan fingerprint density at radius 1 is 1.13 bits per heavy atom. The number of amides is 1.